The molecule has 0 bridgehead atoms. The van der Waals surface area contributed by atoms with E-state index in [0.717, 1.165) is 13.0 Å². The highest BCUT2D eigenvalue weighted by Gasteiger charge is 2.26. The van der Waals surface area contributed by atoms with E-state index in [1.807, 2.05) is 0 Å². The van der Waals surface area contributed by atoms with Crippen LogP contribution in [0.1, 0.15) is 33.1 Å². The maximum Gasteiger partial charge on any atom is 0.0245 e. The second kappa shape index (κ2) is 8.90. The van der Waals surface area contributed by atoms with Crippen LogP contribution in [-0.2, 0) is 0 Å². The minimum absolute atomic E-state index is 0.350. The van der Waals surface area contributed by atoms with Crippen LogP contribution in [0.2, 0.25) is 0 Å². The lowest BCUT2D eigenvalue weighted by atomic mass is 9.99. The van der Waals surface area contributed by atoms with Crippen LogP contribution in [0.15, 0.2) is 0 Å². The molecular weight excluding hydrogens is 236 g/mol. The zero-order chi connectivity index (χ0) is 14.3. The Kier molecular flexibility index (Phi) is 7.91. The first-order valence-electron chi connectivity index (χ1n) is 7.95. The number of nitrogens with zero attached hydrogens (tertiary/aromatic N) is 3. The molecule has 1 aliphatic rings. The van der Waals surface area contributed by atoms with E-state index < -0.39 is 0 Å². The molecule has 1 saturated heterocycles. The summed E-state index contributed by atoms with van der Waals surface area (Å²) in [6, 6.07) is 0.930. The Balaban J connectivity index is 2.34. The SMILES string of the molecule is CCCC(N)C(CC)N1CCN(CCN(C)C)CC1. The summed E-state index contributed by atoms with van der Waals surface area (Å²) < 4.78 is 0. The zero-order valence-corrected chi connectivity index (χ0v) is 13.4. The number of piperazine rings is 1. The van der Waals surface area contributed by atoms with Gasteiger partial charge in [0.25, 0.3) is 0 Å². The number of hydrogen-bond donors (Lipinski definition) is 1. The van der Waals surface area contributed by atoms with Gasteiger partial charge in [0.15, 0.2) is 0 Å². The second-order valence-electron chi connectivity index (χ2n) is 6.11. The Labute approximate surface area is 119 Å². The Morgan fingerprint density at radius 3 is 2.21 bits per heavy atom. The molecule has 0 aromatic rings. The highest BCUT2D eigenvalue weighted by molar-refractivity contribution is 4.84. The van der Waals surface area contributed by atoms with Crippen molar-refractivity contribution in [2.24, 2.45) is 5.73 Å². The predicted octanol–water partition coefficient (Wildman–Crippen LogP) is 1.07. The van der Waals surface area contributed by atoms with Crippen LogP contribution in [0.3, 0.4) is 0 Å². The van der Waals surface area contributed by atoms with Gasteiger partial charge in [-0.2, -0.15) is 0 Å². The van der Waals surface area contributed by atoms with Crippen molar-refractivity contribution < 1.29 is 0 Å². The monoisotopic (exact) mass is 270 g/mol. The third kappa shape index (κ3) is 5.78. The van der Waals surface area contributed by atoms with Gasteiger partial charge in [-0.15, -0.1) is 0 Å². The van der Waals surface area contributed by atoms with E-state index >= 15 is 0 Å². The first kappa shape index (κ1) is 16.9. The minimum atomic E-state index is 0.350. The van der Waals surface area contributed by atoms with Gasteiger partial charge in [-0.05, 0) is 26.9 Å². The zero-order valence-electron chi connectivity index (χ0n) is 13.4. The van der Waals surface area contributed by atoms with Crippen molar-refractivity contribution >= 4 is 0 Å². The summed E-state index contributed by atoms with van der Waals surface area (Å²) in [5, 5.41) is 0. The van der Waals surface area contributed by atoms with Crippen LogP contribution in [0.25, 0.3) is 0 Å². The van der Waals surface area contributed by atoms with Gasteiger partial charge in [-0.25, -0.2) is 0 Å². The molecule has 0 radical (unpaired) electrons. The lowest BCUT2D eigenvalue weighted by molar-refractivity contribution is 0.0777. The number of hydrogen-bond acceptors (Lipinski definition) is 4. The van der Waals surface area contributed by atoms with E-state index in [1.165, 1.54) is 45.6 Å². The van der Waals surface area contributed by atoms with Crippen molar-refractivity contribution in [3.05, 3.63) is 0 Å². The van der Waals surface area contributed by atoms with Crippen LogP contribution in [0, 0.1) is 0 Å². The molecule has 1 aliphatic heterocycles. The quantitative estimate of drug-likeness (QED) is 0.716. The molecule has 4 heteroatoms. The van der Waals surface area contributed by atoms with Gasteiger partial charge in [0.05, 0.1) is 0 Å². The Morgan fingerprint density at radius 1 is 1.11 bits per heavy atom. The number of nitrogens with two attached hydrogens (primary N) is 1. The van der Waals surface area contributed by atoms with Gasteiger partial charge in [0, 0.05) is 51.4 Å². The molecule has 1 fully saturated rings. The maximum absolute atomic E-state index is 6.34. The van der Waals surface area contributed by atoms with Gasteiger partial charge in [-0.3, -0.25) is 9.80 Å². The smallest absolute Gasteiger partial charge is 0.0245 e. The average molecular weight is 270 g/mol. The molecule has 1 rings (SSSR count). The van der Waals surface area contributed by atoms with Crippen LogP contribution in [-0.4, -0.2) is 80.1 Å². The molecule has 2 unspecified atom stereocenters. The molecule has 19 heavy (non-hydrogen) atoms. The minimum Gasteiger partial charge on any atom is -0.326 e. The highest BCUT2D eigenvalue weighted by atomic mass is 15.3. The Morgan fingerprint density at radius 2 is 1.74 bits per heavy atom. The van der Waals surface area contributed by atoms with Crippen molar-refractivity contribution in [2.75, 3.05) is 53.4 Å². The average Bonchev–Trinajstić information content (AvgIpc) is 2.39. The van der Waals surface area contributed by atoms with E-state index in [2.05, 4.69) is 42.6 Å². The fourth-order valence-electron chi connectivity index (χ4n) is 3.02. The van der Waals surface area contributed by atoms with Gasteiger partial charge < -0.3 is 10.6 Å². The third-order valence-electron chi connectivity index (χ3n) is 4.27. The second-order valence-corrected chi connectivity index (χ2v) is 6.11. The summed E-state index contributed by atoms with van der Waals surface area (Å²) in [5.74, 6) is 0. The molecular formula is C15H34N4. The van der Waals surface area contributed by atoms with Gasteiger partial charge >= 0.3 is 0 Å². The standard InChI is InChI=1S/C15H34N4/c1-5-7-14(16)15(6-2)19-12-10-18(11-13-19)9-8-17(3)4/h14-15H,5-13,16H2,1-4H3. The first-order valence-corrected chi connectivity index (χ1v) is 7.95. The van der Waals surface area contributed by atoms with Crippen LogP contribution < -0.4 is 5.73 Å². The van der Waals surface area contributed by atoms with E-state index in [4.69, 9.17) is 5.73 Å². The summed E-state index contributed by atoms with van der Waals surface area (Å²) in [5.41, 5.74) is 6.34. The van der Waals surface area contributed by atoms with Crippen molar-refractivity contribution in [2.45, 2.75) is 45.2 Å². The topological polar surface area (TPSA) is 35.7 Å². The van der Waals surface area contributed by atoms with Crippen molar-refractivity contribution in [1.29, 1.82) is 0 Å². The summed E-state index contributed by atoms with van der Waals surface area (Å²) in [7, 11) is 4.29. The van der Waals surface area contributed by atoms with Gasteiger partial charge in [-0.1, -0.05) is 20.3 Å². The van der Waals surface area contributed by atoms with Crippen LogP contribution >= 0.6 is 0 Å². The van der Waals surface area contributed by atoms with E-state index in [9.17, 15) is 0 Å². The molecule has 0 aromatic heterocycles. The molecule has 0 spiro atoms. The van der Waals surface area contributed by atoms with Gasteiger partial charge in [0.2, 0.25) is 0 Å². The summed E-state index contributed by atoms with van der Waals surface area (Å²) >= 11 is 0. The van der Waals surface area contributed by atoms with Crippen molar-refractivity contribution in [3.8, 4) is 0 Å². The molecule has 0 amide bonds. The number of rotatable bonds is 8. The van der Waals surface area contributed by atoms with E-state index in [0.29, 0.717) is 12.1 Å². The fraction of sp³-hybridized carbons (Fsp3) is 1.00. The fourth-order valence-corrected chi connectivity index (χ4v) is 3.02. The van der Waals surface area contributed by atoms with Crippen LogP contribution in [0.4, 0.5) is 0 Å². The number of likely N-dealkylation sites (N-methyl/N-ethyl adjacent to an activating group) is 1. The molecule has 114 valence electrons. The summed E-state index contributed by atoms with van der Waals surface area (Å²) in [4.78, 5) is 7.46. The lowest BCUT2D eigenvalue weighted by Gasteiger charge is -2.41. The summed E-state index contributed by atoms with van der Waals surface area (Å²) in [6.07, 6.45) is 3.53. The highest BCUT2D eigenvalue weighted by Crippen LogP contribution is 2.14. The molecule has 0 saturated carbocycles. The van der Waals surface area contributed by atoms with Crippen molar-refractivity contribution in [1.82, 2.24) is 14.7 Å². The normalized spacial score (nSPS) is 21.8. The molecule has 0 aromatic carbocycles. The van der Waals surface area contributed by atoms with E-state index in [-0.39, 0.29) is 0 Å². The lowest BCUT2D eigenvalue weighted by Crippen LogP contribution is -2.55. The Bertz CT molecular complexity index is 224. The molecule has 0 aliphatic carbocycles. The molecule has 1 heterocycles. The predicted molar refractivity (Wildman–Crippen MR) is 83.5 cm³/mol. The van der Waals surface area contributed by atoms with E-state index in [1.54, 1.807) is 0 Å². The third-order valence-corrected chi connectivity index (χ3v) is 4.27. The molecule has 4 nitrogen and oxygen atoms in total. The van der Waals surface area contributed by atoms with Crippen LogP contribution in [0.5, 0.6) is 0 Å². The summed E-state index contributed by atoms with van der Waals surface area (Å²) in [6.45, 7) is 11.6. The van der Waals surface area contributed by atoms with Crippen molar-refractivity contribution in [3.63, 3.8) is 0 Å². The largest absolute Gasteiger partial charge is 0.326 e. The van der Waals surface area contributed by atoms with Gasteiger partial charge in [0.1, 0.15) is 0 Å². The first-order chi connectivity index (χ1) is 9.08. The maximum atomic E-state index is 6.34. The molecule has 2 atom stereocenters. The molecule has 2 N–H and O–H groups in total. The Hall–Kier alpha value is -0.160.